The Balaban J connectivity index is 1.43. The molecule has 1 aromatic heterocycles. The van der Waals surface area contributed by atoms with Gasteiger partial charge in [-0.3, -0.25) is 14.5 Å². The van der Waals surface area contributed by atoms with Gasteiger partial charge in [-0.25, -0.2) is 4.79 Å². The average Bonchev–Trinajstić information content (AvgIpc) is 3.27. The third-order valence-corrected chi connectivity index (χ3v) is 8.17. The summed E-state index contributed by atoms with van der Waals surface area (Å²) < 4.78 is 12.7. The number of hydrogen-bond acceptors (Lipinski definition) is 6. The number of ether oxygens (including phenoxy) is 2. The second kappa shape index (κ2) is 8.07. The van der Waals surface area contributed by atoms with Gasteiger partial charge in [-0.1, -0.05) is 23.7 Å². The minimum atomic E-state index is -0.625. The van der Waals surface area contributed by atoms with Crippen molar-refractivity contribution in [2.24, 2.45) is 0 Å². The topological polar surface area (TPSA) is 76.2 Å². The molecular formula is C25H27ClN2O5S. The van der Waals surface area contributed by atoms with E-state index in [0.717, 1.165) is 10.4 Å². The summed E-state index contributed by atoms with van der Waals surface area (Å²) in [5, 5.41) is 0. The molecule has 3 aliphatic rings. The lowest BCUT2D eigenvalue weighted by molar-refractivity contribution is -0.123. The van der Waals surface area contributed by atoms with Crippen LogP contribution in [0.3, 0.4) is 0 Å². The van der Waals surface area contributed by atoms with Gasteiger partial charge in [0.25, 0.3) is 11.8 Å². The Bertz CT molecular complexity index is 1150. The number of hydrogen-bond donors (Lipinski definition) is 0. The Morgan fingerprint density at radius 2 is 1.85 bits per heavy atom. The van der Waals surface area contributed by atoms with E-state index < -0.39 is 17.2 Å². The normalized spacial score (nSPS) is 26.6. The van der Waals surface area contributed by atoms with Crippen LogP contribution in [0.4, 0.5) is 4.79 Å². The van der Waals surface area contributed by atoms with Gasteiger partial charge in [0.05, 0.1) is 28.1 Å². The fourth-order valence-electron chi connectivity index (χ4n) is 5.22. The monoisotopic (exact) mass is 502 g/mol. The quantitative estimate of drug-likeness (QED) is 0.489. The number of amides is 3. The molecule has 1 fully saturated rings. The van der Waals surface area contributed by atoms with E-state index in [2.05, 4.69) is 0 Å². The van der Waals surface area contributed by atoms with Crippen molar-refractivity contribution in [3.63, 3.8) is 0 Å². The van der Waals surface area contributed by atoms with E-state index >= 15 is 0 Å². The number of likely N-dealkylation sites (tertiary alicyclic amines) is 1. The summed E-state index contributed by atoms with van der Waals surface area (Å²) >= 11 is 7.89. The van der Waals surface area contributed by atoms with Crippen molar-refractivity contribution >= 4 is 40.8 Å². The van der Waals surface area contributed by atoms with Crippen LogP contribution >= 0.6 is 22.9 Å². The predicted molar refractivity (Wildman–Crippen MR) is 128 cm³/mol. The van der Waals surface area contributed by atoms with E-state index in [4.69, 9.17) is 21.1 Å². The van der Waals surface area contributed by atoms with Crippen LogP contribution in [0.15, 0.2) is 30.3 Å². The molecule has 0 N–H and O–H groups in total. The highest BCUT2D eigenvalue weighted by atomic mass is 35.5. The van der Waals surface area contributed by atoms with E-state index in [1.165, 1.54) is 16.2 Å². The van der Waals surface area contributed by atoms with Crippen LogP contribution in [0.5, 0.6) is 0 Å². The Labute approximate surface area is 207 Å². The first-order chi connectivity index (χ1) is 16.0. The SMILES string of the molecule is CC1CC2(CCN1C(=O)OC(C)(C)C)OCC(N1C(=O)c3ccccc3C1=O)c1cc(Cl)sc12. The Kier molecular flexibility index (Phi) is 5.54. The summed E-state index contributed by atoms with van der Waals surface area (Å²) in [6, 6.07) is 8.06. The van der Waals surface area contributed by atoms with Crippen LogP contribution in [0.25, 0.3) is 0 Å². The maximum atomic E-state index is 13.1. The minimum Gasteiger partial charge on any atom is -0.444 e. The van der Waals surface area contributed by atoms with Crippen LogP contribution < -0.4 is 0 Å². The third-order valence-electron chi connectivity index (χ3n) is 6.70. The van der Waals surface area contributed by atoms with E-state index in [-0.39, 0.29) is 30.6 Å². The number of thiophene rings is 1. The molecule has 4 heterocycles. The smallest absolute Gasteiger partial charge is 0.410 e. The molecule has 0 aliphatic carbocycles. The van der Waals surface area contributed by atoms with Gasteiger partial charge in [0.1, 0.15) is 11.2 Å². The number of piperidine rings is 1. The molecule has 3 aliphatic heterocycles. The highest BCUT2D eigenvalue weighted by Gasteiger charge is 2.51. The first kappa shape index (κ1) is 23.3. The number of fused-ring (bicyclic) bond motifs is 3. The fourth-order valence-corrected chi connectivity index (χ4v) is 6.69. The summed E-state index contributed by atoms with van der Waals surface area (Å²) in [4.78, 5) is 43.0. The second-order valence-electron chi connectivity index (χ2n) is 10.2. The van der Waals surface area contributed by atoms with E-state index in [1.54, 1.807) is 29.2 Å². The van der Waals surface area contributed by atoms with E-state index in [0.29, 0.717) is 34.8 Å². The maximum absolute atomic E-state index is 13.1. The largest absolute Gasteiger partial charge is 0.444 e. The highest BCUT2D eigenvalue weighted by molar-refractivity contribution is 7.16. The van der Waals surface area contributed by atoms with Gasteiger partial charge in [-0.2, -0.15) is 0 Å². The summed E-state index contributed by atoms with van der Waals surface area (Å²) in [7, 11) is 0. The lowest BCUT2D eigenvalue weighted by atomic mass is 9.81. The summed E-state index contributed by atoms with van der Waals surface area (Å²) in [6.45, 7) is 8.20. The number of halogens is 1. The van der Waals surface area contributed by atoms with E-state index in [1.807, 2.05) is 33.8 Å². The van der Waals surface area contributed by atoms with Crippen molar-refractivity contribution in [3.8, 4) is 0 Å². The molecule has 3 atom stereocenters. The molecular weight excluding hydrogens is 476 g/mol. The zero-order valence-corrected chi connectivity index (χ0v) is 21.2. The van der Waals surface area contributed by atoms with Crippen LogP contribution in [0.2, 0.25) is 4.34 Å². The van der Waals surface area contributed by atoms with Crippen LogP contribution in [0.1, 0.15) is 77.7 Å². The van der Waals surface area contributed by atoms with Gasteiger partial charge >= 0.3 is 6.09 Å². The molecule has 0 radical (unpaired) electrons. The summed E-state index contributed by atoms with van der Waals surface area (Å²) in [6.07, 6.45) is 0.819. The molecule has 0 bridgehead atoms. The second-order valence-corrected chi connectivity index (χ2v) is 11.8. The first-order valence-corrected chi connectivity index (χ1v) is 12.6. The molecule has 0 saturated carbocycles. The van der Waals surface area contributed by atoms with Crippen molar-refractivity contribution in [3.05, 3.63) is 56.2 Å². The lowest BCUT2D eigenvalue weighted by Crippen LogP contribution is -2.54. The van der Waals surface area contributed by atoms with Crippen molar-refractivity contribution in [1.82, 2.24) is 9.80 Å². The predicted octanol–water partition coefficient (Wildman–Crippen LogP) is 5.38. The van der Waals surface area contributed by atoms with Crippen LogP contribution in [-0.2, 0) is 15.1 Å². The first-order valence-electron chi connectivity index (χ1n) is 11.4. The summed E-state index contributed by atoms with van der Waals surface area (Å²) in [5.41, 5.74) is 0.486. The van der Waals surface area contributed by atoms with E-state index in [9.17, 15) is 14.4 Å². The Morgan fingerprint density at radius 3 is 2.44 bits per heavy atom. The number of carbonyl (C=O) groups excluding carboxylic acids is 3. The number of imide groups is 1. The van der Waals surface area contributed by atoms with Gasteiger partial charge < -0.3 is 14.4 Å². The molecule has 3 unspecified atom stereocenters. The average molecular weight is 503 g/mol. The fraction of sp³-hybridized carbons (Fsp3) is 0.480. The van der Waals surface area contributed by atoms with Crippen LogP contribution in [0, 0.1) is 0 Å². The van der Waals surface area contributed by atoms with Crippen LogP contribution in [-0.4, -0.2) is 52.5 Å². The lowest BCUT2D eigenvalue weighted by Gasteiger charge is -2.48. The Morgan fingerprint density at radius 1 is 1.21 bits per heavy atom. The maximum Gasteiger partial charge on any atom is 0.410 e. The van der Waals surface area contributed by atoms with Gasteiger partial charge in [0, 0.05) is 23.9 Å². The molecule has 5 rings (SSSR count). The van der Waals surface area contributed by atoms with Crippen molar-refractivity contribution in [1.29, 1.82) is 0 Å². The molecule has 7 nitrogen and oxygen atoms in total. The zero-order chi connectivity index (χ0) is 24.4. The highest BCUT2D eigenvalue weighted by Crippen LogP contribution is 2.52. The molecule has 1 spiro atoms. The molecule has 1 aromatic carbocycles. The number of benzene rings is 1. The minimum absolute atomic E-state index is 0.117. The van der Waals surface area contributed by atoms with Gasteiger partial charge in [-0.05, 0) is 57.9 Å². The molecule has 34 heavy (non-hydrogen) atoms. The molecule has 1 saturated heterocycles. The van der Waals surface area contributed by atoms with Gasteiger partial charge in [0.15, 0.2) is 0 Å². The zero-order valence-electron chi connectivity index (χ0n) is 19.6. The van der Waals surface area contributed by atoms with Crippen molar-refractivity contribution in [2.45, 2.75) is 63.8 Å². The van der Waals surface area contributed by atoms with Crippen molar-refractivity contribution in [2.75, 3.05) is 13.2 Å². The van der Waals surface area contributed by atoms with Crippen molar-refractivity contribution < 1.29 is 23.9 Å². The standard InChI is InChI=1S/C25H27ClN2O5S/c1-14-12-25(9-10-27(14)23(31)33-24(2,3)4)20-17(11-19(26)34-20)18(13-32-25)28-21(29)15-7-5-6-8-16(15)22(28)30/h5-8,11,14,18H,9-10,12-13H2,1-4H3. The number of nitrogens with zero attached hydrogens (tertiary/aromatic N) is 2. The number of rotatable bonds is 1. The van der Waals surface area contributed by atoms with Gasteiger partial charge in [0.2, 0.25) is 0 Å². The molecule has 2 aromatic rings. The number of carbonyl (C=O) groups is 3. The molecule has 3 amide bonds. The Hall–Kier alpha value is -2.42. The third kappa shape index (κ3) is 3.72. The molecule has 180 valence electrons. The summed E-state index contributed by atoms with van der Waals surface area (Å²) in [5.74, 6) is -0.627. The molecule has 9 heteroatoms. The van der Waals surface area contributed by atoms with Gasteiger partial charge in [-0.15, -0.1) is 11.3 Å².